The lowest BCUT2D eigenvalue weighted by atomic mass is 10.0. The molecule has 15 N–H and O–H groups in total. The second-order valence-electron chi connectivity index (χ2n) is 17.1. The molecule has 0 aliphatic heterocycles. The number of nitrogens with one attached hydrogen (secondary N) is 12. The molecule has 4 aromatic rings. The number of carboxylic acid groups (broad SMARTS) is 1. The summed E-state index contributed by atoms with van der Waals surface area (Å²) >= 11 is 0. The number of nitrogens with two attached hydrogens (primary N) is 1. The van der Waals surface area contributed by atoms with Crippen molar-refractivity contribution in [2.75, 3.05) is 0 Å². The molecule has 0 bridgehead atoms. The third-order valence-corrected chi connectivity index (χ3v) is 10.7. The molecule has 9 amide bonds. The molecule has 0 saturated heterocycles. The first-order chi connectivity index (χ1) is 33.7. The number of hydrogen-bond acceptors (Lipinski definition) is 14. The van der Waals surface area contributed by atoms with Crippen LogP contribution in [0.2, 0.25) is 0 Å². The summed E-state index contributed by atoms with van der Waals surface area (Å²) in [6.45, 7) is 7.46. The Balaban J connectivity index is 1.50. The summed E-state index contributed by atoms with van der Waals surface area (Å²) in [5.74, 6) is -8.79. The minimum Gasteiger partial charge on any atom is -0.481 e. The Labute approximate surface area is 406 Å². The van der Waals surface area contributed by atoms with Crippen molar-refractivity contribution in [2.45, 2.75) is 128 Å². The number of hydrogen-bond donors (Lipinski definition) is 14. The van der Waals surface area contributed by atoms with E-state index >= 15 is 0 Å². The average molecular weight is 992 g/mol. The van der Waals surface area contributed by atoms with E-state index in [1.165, 1.54) is 70.9 Å². The molecule has 384 valence electrons. The first kappa shape index (κ1) is 55.1. The van der Waals surface area contributed by atoms with Crippen molar-refractivity contribution in [3.63, 3.8) is 0 Å². The van der Waals surface area contributed by atoms with Gasteiger partial charge >= 0.3 is 5.97 Å². The SMILES string of the molecule is CC(=O)N[C@@H](Cc1cnc[nH]1)C(=O)N[C@@H](C)C(=O)N[C@@H](C)C(=O)N[C@@H](Cc1cnc[nH]1)C(=O)N[C@@H](Cc1cnc[nH]1)C(=O)N[C@@H](CCC(=O)O)C(=O)N[C@@H](CC(C)C)C(=O)N[C@@H](Cc1cnc[nH]1)C(N)=O. The highest BCUT2D eigenvalue weighted by atomic mass is 16.4. The molecule has 0 aliphatic rings. The summed E-state index contributed by atoms with van der Waals surface area (Å²) in [6, 6.07) is -10.6. The molecule has 4 aromatic heterocycles. The number of carboxylic acids is 1. The number of primary amides is 1. The van der Waals surface area contributed by atoms with Crippen LogP contribution in [0.25, 0.3) is 0 Å². The minimum absolute atomic E-state index is 0.0373. The van der Waals surface area contributed by atoms with Crippen LogP contribution in [-0.2, 0) is 73.6 Å². The molecule has 0 spiro atoms. The largest absolute Gasteiger partial charge is 0.481 e. The van der Waals surface area contributed by atoms with Gasteiger partial charge in [0.25, 0.3) is 0 Å². The number of imidazole rings is 4. The molecule has 0 aliphatic carbocycles. The highest BCUT2D eigenvalue weighted by Gasteiger charge is 2.35. The Hall–Kier alpha value is -8.46. The van der Waals surface area contributed by atoms with Gasteiger partial charge in [-0.3, -0.25) is 47.9 Å². The van der Waals surface area contributed by atoms with E-state index < -0.39 is 120 Å². The van der Waals surface area contributed by atoms with Crippen LogP contribution in [0.3, 0.4) is 0 Å². The minimum atomic E-state index is -1.58. The molecule has 71 heavy (non-hydrogen) atoms. The Morgan fingerprint density at radius 3 is 1.20 bits per heavy atom. The van der Waals surface area contributed by atoms with Crippen LogP contribution >= 0.6 is 0 Å². The van der Waals surface area contributed by atoms with Crippen molar-refractivity contribution in [1.29, 1.82) is 0 Å². The smallest absolute Gasteiger partial charge is 0.303 e. The zero-order valence-electron chi connectivity index (χ0n) is 39.7. The topological polar surface area (TPSA) is 428 Å². The summed E-state index contributed by atoms with van der Waals surface area (Å²) in [5, 5.41) is 29.9. The van der Waals surface area contributed by atoms with Crippen LogP contribution in [0, 0.1) is 5.92 Å². The van der Waals surface area contributed by atoms with Gasteiger partial charge in [0.05, 0.1) is 25.3 Å². The average Bonchev–Trinajstić information content (AvgIpc) is 4.17. The quantitative estimate of drug-likeness (QED) is 0.0248. The lowest BCUT2D eigenvalue weighted by Crippen LogP contribution is -2.60. The van der Waals surface area contributed by atoms with Crippen LogP contribution < -0.4 is 48.3 Å². The van der Waals surface area contributed by atoms with Gasteiger partial charge in [0.1, 0.15) is 48.3 Å². The van der Waals surface area contributed by atoms with E-state index in [1.807, 2.05) is 0 Å². The van der Waals surface area contributed by atoms with Gasteiger partial charge in [-0.1, -0.05) is 13.8 Å². The molecule has 0 radical (unpaired) electrons. The monoisotopic (exact) mass is 991 g/mol. The molecule has 0 unspecified atom stereocenters. The van der Waals surface area contributed by atoms with Crippen molar-refractivity contribution in [2.24, 2.45) is 11.7 Å². The molecule has 4 rings (SSSR count). The van der Waals surface area contributed by atoms with Crippen molar-refractivity contribution >= 4 is 59.1 Å². The van der Waals surface area contributed by atoms with Crippen LogP contribution in [0.5, 0.6) is 0 Å². The maximum Gasteiger partial charge on any atom is 0.303 e. The fraction of sp³-hybridized carbons (Fsp3) is 0.488. The molecule has 4 heterocycles. The molecule has 28 nitrogen and oxygen atoms in total. The standard InChI is InChI=1S/C43H61N17O11/c1-21(2)8-31(41(69)57-30(36(44)64)9-25-13-45-17-49-25)59-39(67)29(6-7-35(62)63)56-42(70)34(12-28-16-48-20-52-28)60-43(71)33(11-27-15-47-19-51-27)58-38(66)23(4)53-37(65)22(3)54-40(68)32(55-24(5)61)10-26-14-46-18-50-26/h13-23,29-34H,6-12H2,1-5H3,(H2,44,64)(H,45,49)(H,46,50)(H,47,51)(H,48,52)(H,53,65)(H,54,68)(H,55,61)(H,56,70)(H,57,69)(H,58,66)(H,59,67)(H,60,71)(H,62,63)/t22-,23-,29-,30-,31-,32-,33-,34-/m0/s1. The van der Waals surface area contributed by atoms with Crippen molar-refractivity contribution in [3.05, 3.63) is 72.9 Å². The lowest BCUT2D eigenvalue weighted by molar-refractivity contribution is -0.138. The van der Waals surface area contributed by atoms with Crippen molar-refractivity contribution < 1.29 is 53.1 Å². The molecule has 0 saturated carbocycles. The summed E-state index contributed by atoms with van der Waals surface area (Å²) in [6.07, 6.45) is 9.66. The number of aromatic amines is 4. The van der Waals surface area contributed by atoms with E-state index in [0.717, 1.165) is 0 Å². The number of nitrogens with zero attached hydrogens (tertiary/aromatic N) is 4. The Kier molecular flexibility index (Phi) is 20.9. The number of amides is 9. The number of aliphatic carboxylic acids is 1. The maximum atomic E-state index is 14.2. The third-order valence-electron chi connectivity index (χ3n) is 10.7. The van der Waals surface area contributed by atoms with Gasteiger partial charge in [-0.05, 0) is 32.6 Å². The fourth-order valence-corrected chi connectivity index (χ4v) is 6.97. The van der Waals surface area contributed by atoms with Gasteiger partial charge in [-0.15, -0.1) is 0 Å². The van der Waals surface area contributed by atoms with Crippen LogP contribution in [0.1, 0.15) is 76.7 Å². The highest BCUT2D eigenvalue weighted by molar-refractivity contribution is 5.98. The number of aromatic nitrogens is 8. The van der Waals surface area contributed by atoms with Gasteiger partial charge in [0.15, 0.2) is 0 Å². The summed E-state index contributed by atoms with van der Waals surface area (Å²) in [5.41, 5.74) is 7.33. The lowest BCUT2D eigenvalue weighted by Gasteiger charge is -2.27. The molecule has 28 heteroatoms. The first-order valence-corrected chi connectivity index (χ1v) is 22.5. The third kappa shape index (κ3) is 18.5. The zero-order chi connectivity index (χ0) is 52.2. The molecule has 0 aromatic carbocycles. The predicted octanol–water partition coefficient (Wildman–Crippen LogP) is -3.82. The zero-order valence-corrected chi connectivity index (χ0v) is 39.7. The van der Waals surface area contributed by atoms with E-state index in [2.05, 4.69) is 82.4 Å². The number of rotatable bonds is 29. The number of H-pyrrole nitrogens is 4. The first-order valence-electron chi connectivity index (χ1n) is 22.5. The van der Waals surface area contributed by atoms with Crippen LogP contribution in [0.4, 0.5) is 0 Å². The van der Waals surface area contributed by atoms with E-state index in [4.69, 9.17) is 5.73 Å². The Morgan fingerprint density at radius 1 is 0.479 bits per heavy atom. The van der Waals surface area contributed by atoms with E-state index in [9.17, 15) is 53.1 Å². The molecule has 8 atom stereocenters. The van der Waals surface area contributed by atoms with Gasteiger partial charge in [-0.2, -0.15) is 0 Å². The summed E-state index contributed by atoms with van der Waals surface area (Å²) in [4.78, 5) is 159. The maximum absolute atomic E-state index is 14.2. The number of carbonyl (C=O) groups excluding carboxylic acids is 9. The molecular weight excluding hydrogens is 931 g/mol. The molecule has 0 fully saturated rings. The summed E-state index contributed by atoms with van der Waals surface area (Å²) < 4.78 is 0. The van der Waals surface area contributed by atoms with Crippen LogP contribution in [-0.4, -0.2) is 152 Å². The van der Waals surface area contributed by atoms with E-state index in [1.54, 1.807) is 13.8 Å². The van der Waals surface area contributed by atoms with Gasteiger partial charge in [-0.25, -0.2) is 19.9 Å². The summed E-state index contributed by atoms with van der Waals surface area (Å²) in [7, 11) is 0. The Bertz CT molecular complexity index is 2410. The normalized spacial score (nSPS) is 14.5. The fourth-order valence-electron chi connectivity index (χ4n) is 6.97. The van der Waals surface area contributed by atoms with E-state index in [-0.39, 0.29) is 38.0 Å². The van der Waals surface area contributed by atoms with Gasteiger partial charge in [0.2, 0.25) is 53.2 Å². The highest BCUT2D eigenvalue weighted by Crippen LogP contribution is 2.11. The Morgan fingerprint density at radius 2 is 0.803 bits per heavy atom. The number of carbonyl (C=O) groups is 10. The predicted molar refractivity (Wildman–Crippen MR) is 247 cm³/mol. The van der Waals surface area contributed by atoms with Gasteiger partial charge < -0.3 is 73.3 Å². The molecular formula is C43H61N17O11. The van der Waals surface area contributed by atoms with Crippen molar-refractivity contribution in [3.8, 4) is 0 Å². The van der Waals surface area contributed by atoms with Crippen LogP contribution in [0.15, 0.2) is 50.1 Å². The second kappa shape index (κ2) is 26.9. The van der Waals surface area contributed by atoms with E-state index in [0.29, 0.717) is 22.8 Å². The second-order valence-corrected chi connectivity index (χ2v) is 17.1. The van der Waals surface area contributed by atoms with Crippen molar-refractivity contribution in [1.82, 2.24) is 82.4 Å². The van der Waals surface area contributed by atoms with Gasteiger partial charge in [0, 0.05) is 86.6 Å².